The van der Waals surface area contributed by atoms with Crippen molar-refractivity contribution in [2.45, 2.75) is 39.0 Å². The van der Waals surface area contributed by atoms with E-state index in [1.807, 2.05) is 0 Å². The van der Waals surface area contributed by atoms with E-state index in [0.717, 1.165) is 0 Å². The highest BCUT2D eigenvalue weighted by Gasteiger charge is 2.63. The van der Waals surface area contributed by atoms with Crippen LogP contribution in [0.4, 0.5) is 0 Å². The summed E-state index contributed by atoms with van der Waals surface area (Å²) in [7, 11) is 0. The minimum Gasteiger partial charge on any atom is -0.396 e. The molecule has 0 aromatic rings. The topological polar surface area (TPSA) is 20.2 Å². The minimum atomic E-state index is 0.380. The van der Waals surface area contributed by atoms with E-state index in [-0.39, 0.29) is 0 Å². The van der Waals surface area contributed by atoms with Crippen LogP contribution in [0.3, 0.4) is 0 Å². The van der Waals surface area contributed by atoms with Gasteiger partial charge in [0.1, 0.15) is 0 Å². The van der Waals surface area contributed by atoms with E-state index in [4.69, 9.17) is 5.11 Å². The van der Waals surface area contributed by atoms with Crippen LogP contribution >= 0.6 is 0 Å². The predicted molar refractivity (Wildman–Crippen MR) is 40.7 cm³/mol. The van der Waals surface area contributed by atoms with Gasteiger partial charge in [0.2, 0.25) is 0 Å². The largest absolute Gasteiger partial charge is 0.396 e. The number of hydrogen-bond acceptors (Lipinski definition) is 1. The summed E-state index contributed by atoms with van der Waals surface area (Å²) in [6, 6.07) is 0. The molecule has 2 rings (SSSR count). The number of rotatable bonds is 1. The molecule has 2 aliphatic rings. The van der Waals surface area contributed by atoms with Gasteiger partial charge >= 0.3 is 0 Å². The van der Waals surface area contributed by atoms with Crippen molar-refractivity contribution in [3.8, 4) is 0 Å². The van der Waals surface area contributed by atoms with Crippen LogP contribution in [0.2, 0.25) is 0 Å². The number of aliphatic hydroxyl groups is 1. The number of aliphatic hydroxyl groups excluding tert-OH is 1. The Bertz CT molecular complexity index is 151. The molecule has 0 saturated heterocycles. The predicted octanol–water partition coefficient (Wildman–Crippen LogP) is 1.95. The standard InChI is InChI=1S/C9H16O/c1-8-4-2-3-5-9(8,6-8)7-10/h10H,2-7H2,1H3/t8-,9+/m0/s1. The van der Waals surface area contributed by atoms with Gasteiger partial charge in [0.25, 0.3) is 0 Å². The van der Waals surface area contributed by atoms with Crippen molar-refractivity contribution in [3.05, 3.63) is 0 Å². The summed E-state index contributed by atoms with van der Waals surface area (Å²) in [6.45, 7) is 2.77. The summed E-state index contributed by atoms with van der Waals surface area (Å²) in [5.41, 5.74) is 0.922. The Morgan fingerprint density at radius 3 is 2.50 bits per heavy atom. The molecule has 2 fully saturated rings. The molecule has 0 heterocycles. The lowest BCUT2D eigenvalue weighted by Gasteiger charge is -2.25. The smallest absolute Gasteiger partial charge is 0.0492 e. The van der Waals surface area contributed by atoms with Gasteiger partial charge in [-0.3, -0.25) is 0 Å². The summed E-state index contributed by atoms with van der Waals surface area (Å²) in [5, 5.41) is 9.16. The van der Waals surface area contributed by atoms with Gasteiger partial charge in [-0.15, -0.1) is 0 Å². The molecule has 0 radical (unpaired) electrons. The Balaban J connectivity index is 2.13. The van der Waals surface area contributed by atoms with Crippen LogP contribution in [0, 0.1) is 10.8 Å². The van der Waals surface area contributed by atoms with Gasteiger partial charge in [-0.25, -0.2) is 0 Å². The number of hydrogen-bond donors (Lipinski definition) is 1. The SMILES string of the molecule is C[C@@]12CCCC[C@]1(CO)C2. The molecular formula is C9H16O. The fraction of sp³-hybridized carbons (Fsp3) is 1.00. The molecule has 0 aromatic carbocycles. The van der Waals surface area contributed by atoms with Crippen LogP contribution in [0.25, 0.3) is 0 Å². The Hall–Kier alpha value is -0.0400. The van der Waals surface area contributed by atoms with Crippen molar-refractivity contribution in [2.24, 2.45) is 10.8 Å². The first-order chi connectivity index (χ1) is 4.72. The van der Waals surface area contributed by atoms with E-state index in [1.54, 1.807) is 0 Å². The summed E-state index contributed by atoms with van der Waals surface area (Å²) >= 11 is 0. The number of fused-ring (bicyclic) bond motifs is 1. The Labute approximate surface area is 62.4 Å². The first-order valence-corrected chi connectivity index (χ1v) is 4.33. The van der Waals surface area contributed by atoms with Crippen molar-refractivity contribution in [1.29, 1.82) is 0 Å². The van der Waals surface area contributed by atoms with Gasteiger partial charge < -0.3 is 5.11 Å². The van der Waals surface area contributed by atoms with Gasteiger partial charge in [0, 0.05) is 6.61 Å². The molecule has 2 atom stereocenters. The van der Waals surface area contributed by atoms with Gasteiger partial charge in [-0.1, -0.05) is 19.8 Å². The third kappa shape index (κ3) is 0.619. The van der Waals surface area contributed by atoms with Crippen LogP contribution in [0.15, 0.2) is 0 Å². The van der Waals surface area contributed by atoms with E-state index in [1.165, 1.54) is 32.1 Å². The molecule has 58 valence electrons. The fourth-order valence-electron chi connectivity index (χ4n) is 2.75. The molecule has 2 saturated carbocycles. The third-order valence-corrected chi connectivity index (χ3v) is 3.82. The highest BCUT2D eigenvalue weighted by atomic mass is 16.3. The van der Waals surface area contributed by atoms with Gasteiger partial charge in [-0.2, -0.15) is 0 Å². The van der Waals surface area contributed by atoms with Crippen molar-refractivity contribution in [1.82, 2.24) is 0 Å². The fourth-order valence-corrected chi connectivity index (χ4v) is 2.75. The monoisotopic (exact) mass is 140 g/mol. The second-order valence-electron chi connectivity index (χ2n) is 4.38. The highest BCUT2D eigenvalue weighted by Crippen LogP contribution is 2.70. The molecular weight excluding hydrogens is 124 g/mol. The van der Waals surface area contributed by atoms with E-state index >= 15 is 0 Å². The van der Waals surface area contributed by atoms with Crippen LogP contribution in [-0.4, -0.2) is 11.7 Å². The molecule has 0 aromatic heterocycles. The van der Waals surface area contributed by atoms with Crippen LogP contribution in [0.1, 0.15) is 39.0 Å². The second-order valence-corrected chi connectivity index (χ2v) is 4.38. The van der Waals surface area contributed by atoms with E-state index in [2.05, 4.69) is 6.92 Å². The summed E-state index contributed by atoms with van der Waals surface area (Å²) in [4.78, 5) is 0. The zero-order valence-corrected chi connectivity index (χ0v) is 6.69. The zero-order valence-electron chi connectivity index (χ0n) is 6.69. The first kappa shape index (κ1) is 6.66. The Morgan fingerprint density at radius 1 is 1.30 bits per heavy atom. The first-order valence-electron chi connectivity index (χ1n) is 4.33. The maximum absolute atomic E-state index is 9.16. The lowest BCUT2D eigenvalue weighted by molar-refractivity contribution is 0.140. The van der Waals surface area contributed by atoms with Crippen molar-refractivity contribution in [2.75, 3.05) is 6.61 Å². The van der Waals surface area contributed by atoms with Crippen molar-refractivity contribution >= 4 is 0 Å². The molecule has 1 nitrogen and oxygen atoms in total. The Morgan fingerprint density at radius 2 is 2.00 bits per heavy atom. The molecule has 0 amide bonds. The molecule has 0 unspecified atom stereocenters. The second kappa shape index (κ2) is 1.76. The maximum Gasteiger partial charge on any atom is 0.0492 e. The average molecular weight is 140 g/mol. The normalized spacial score (nSPS) is 52.2. The maximum atomic E-state index is 9.16. The minimum absolute atomic E-state index is 0.380. The molecule has 10 heavy (non-hydrogen) atoms. The van der Waals surface area contributed by atoms with Crippen LogP contribution < -0.4 is 0 Å². The van der Waals surface area contributed by atoms with Crippen LogP contribution in [-0.2, 0) is 0 Å². The Kier molecular flexibility index (Phi) is 1.17. The molecule has 0 aliphatic heterocycles. The van der Waals surface area contributed by atoms with Crippen LogP contribution in [0.5, 0.6) is 0 Å². The molecule has 0 spiro atoms. The molecule has 0 bridgehead atoms. The third-order valence-electron chi connectivity index (χ3n) is 3.82. The lowest BCUT2D eigenvalue weighted by Crippen LogP contribution is -2.19. The molecule has 1 N–H and O–H groups in total. The van der Waals surface area contributed by atoms with Gasteiger partial charge in [0.15, 0.2) is 0 Å². The lowest BCUT2D eigenvalue weighted by atomic mass is 9.81. The summed E-state index contributed by atoms with van der Waals surface area (Å²) < 4.78 is 0. The van der Waals surface area contributed by atoms with Gasteiger partial charge in [0.05, 0.1) is 0 Å². The quantitative estimate of drug-likeness (QED) is 0.590. The molecule has 2 aliphatic carbocycles. The van der Waals surface area contributed by atoms with E-state index < -0.39 is 0 Å². The van der Waals surface area contributed by atoms with Crippen molar-refractivity contribution in [3.63, 3.8) is 0 Å². The highest BCUT2D eigenvalue weighted by molar-refractivity contribution is 5.13. The average Bonchev–Trinajstić information content (AvgIpc) is 2.56. The van der Waals surface area contributed by atoms with Gasteiger partial charge in [-0.05, 0) is 30.1 Å². The summed E-state index contributed by atoms with van der Waals surface area (Å²) in [6.07, 6.45) is 6.65. The molecule has 1 heteroatoms. The van der Waals surface area contributed by atoms with E-state index in [9.17, 15) is 0 Å². The zero-order chi connectivity index (χ0) is 7.24. The van der Waals surface area contributed by atoms with E-state index in [0.29, 0.717) is 17.4 Å². The summed E-state index contributed by atoms with van der Waals surface area (Å²) in [5.74, 6) is 0. The van der Waals surface area contributed by atoms with Crippen molar-refractivity contribution < 1.29 is 5.11 Å².